The molecule has 114 valence electrons. The lowest BCUT2D eigenvalue weighted by Gasteiger charge is -2.24. The molecule has 0 radical (unpaired) electrons. The number of nitrogens with two attached hydrogens (primary N) is 1. The van der Waals surface area contributed by atoms with Gasteiger partial charge >= 0.3 is 5.97 Å². The van der Waals surface area contributed by atoms with Crippen molar-refractivity contribution in [2.24, 2.45) is 11.7 Å². The Kier molecular flexibility index (Phi) is 5.20. The van der Waals surface area contributed by atoms with E-state index in [2.05, 4.69) is 0 Å². The first-order valence-electron chi connectivity index (χ1n) is 6.97. The number of amides is 1. The Labute approximate surface area is 128 Å². The van der Waals surface area contributed by atoms with Gasteiger partial charge in [0.25, 0.3) is 0 Å². The van der Waals surface area contributed by atoms with Crippen LogP contribution in [0.5, 0.6) is 0 Å². The molecule has 1 aromatic rings. The number of hydrogen-bond donors (Lipinski definition) is 2. The summed E-state index contributed by atoms with van der Waals surface area (Å²) in [5.74, 6) is -1.56. The molecule has 6 heteroatoms. The van der Waals surface area contributed by atoms with Gasteiger partial charge in [-0.25, -0.2) is 0 Å². The molecule has 0 aliphatic carbocycles. The molecule has 3 N–H and O–H groups in total. The third-order valence-corrected chi connectivity index (χ3v) is 4.15. The molecule has 1 amide bonds. The number of rotatable bonds is 3. The van der Waals surface area contributed by atoms with E-state index in [1.54, 1.807) is 23.1 Å². The number of likely N-dealkylation sites (tertiary alicyclic amines) is 1. The molecular formula is C15H19ClN2O3. The van der Waals surface area contributed by atoms with Crippen molar-refractivity contribution in [2.45, 2.75) is 25.3 Å². The molecule has 2 rings (SSSR count). The minimum Gasteiger partial charge on any atom is -0.481 e. The fourth-order valence-electron chi connectivity index (χ4n) is 2.54. The van der Waals surface area contributed by atoms with Crippen molar-refractivity contribution in [1.29, 1.82) is 0 Å². The summed E-state index contributed by atoms with van der Waals surface area (Å²) in [7, 11) is 0. The molecule has 5 nitrogen and oxygen atoms in total. The molecule has 1 fully saturated rings. The number of nitrogens with zero attached hydrogens (tertiary/aromatic N) is 1. The summed E-state index contributed by atoms with van der Waals surface area (Å²) in [6.07, 6.45) is 1.29. The highest BCUT2D eigenvalue weighted by atomic mass is 35.5. The number of carbonyl (C=O) groups excluding carboxylic acids is 1. The SMILES string of the molecule is N[C@@H]1CC[C@H](C(=O)O)CN(C(=O)Cc2ccccc2Cl)C1. The summed E-state index contributed by atoms with van der Waals surface area (Å²) in [5.41, 5.74) is 6.68. The zero-order valence-electron chi connectivity index (χ0n) is 11.7. The van der Waals surface area contributed by atoms with E-state index in [0.29, 0.717) is 24.4 Å². The van der Waals surface area contributed by atoms with Crippen LogP contribution in [0.2, 0.25) is 5.02 Å². The third kappa shape index (κ3) is 4.19. The van der Waals surface area contributed by atoms with Gasteiger partial charge in [0, 0.05) is 24.2 Å². The Morgan fingerprint density at radius 1 is 1.29 bits per heavy atom. The standard InChI is InChI=1S/C15H19ClN2O3/c16-13-4-2-1-3-10(13)7-14(19)18-8-11(15(20)21)5-6-12(17)9-18/h1-4,11-12H,5-9,17H2,(H,20,21)/t11-,12+/m0/s1. The Hall–Kier alpha value is -1.59. The maximum Gasteiger partial charge on any atom is 0.308 e. The molecule has 0 bridgehead atoms. The van der Waals surface area contributed by atoms with Crippen LogP contribution < -0.4 is 5.73 Å². The first kappa shape index (κ1) is 15.8. The van der Waals surface area contributed by atoms with Gasteiger partial charge in [0.1, 0.15) is 0 Å². The molecule has 0 aromatic heterocycles. The highest BCUT2D eigenvalue weighted by Gasteiger charge is 2.29. The second kappa shape index (κ2) is 6.91. The van der Waals surface area contributed by atoms with Gasteiger partial charge in [-0.3, -0.25) is 9.59 Å². The number of aliphatic carboxylic acids is 1. The molecule has 1 aliphatic rings. The second-order valence-electron chi connectivity index (χ2n) is 5.44. The first-order chi connectivity index (χ1) is 9.97. The molecule has 1 heterocycles. The van der Waals surface area contributed by atoms with Gasteiger partial charge in [0.15, 0.2) is 0 Å². The van der Waals surface area contributed by atoms with Crippen molar-refractivity contribution >= 4 is 23.5 Å². The highest BCUT2D eigenvalue weighted by molar-refractivity contribution is 6.31. The van der Waals surface area contributed by atoms with E-state index in [4.69, 9.17) is 17.3 Å². The smallest absolute Gasteiger partial charge is 0.308 e. The fourth-order valence-corrected chi connectivity index (χ4v) is 2.75. The van der Waals surface area contributed by atoms with Crippen LogP contribution in [0.4, 0.5) is 0 Å². The molecule has 2 atom stereocenters. The van der Waals surface area contributed by atoms with Crippen molar-refractivity contribution in [3.63, 3.8) is 0 Å². The normalized spacial score (nSPS) is 22.7. The Balaban J connectivity index is 2.09. The van der Waals surface area contributed by atoms with E-state index in [-0.39, 0.29) is 24.9 Å². The van der Waals surface area contributed by atoms with E-state index in [1.807, 2.05) is 6.07 Å². The molecule has 21 heavy (non-hydrogen) atoms. The van der Waals surface area contributed by atoms with Crippen LogP contribution in [0.15, 0.2) is 24.3 Å². The van der Waals surface area contributed by atoms with Crippen molar-refractivity contribution in [2.75, 3.05) is 13.1 Å². The number of benzene rings is 1. The predicted molar refractivity (Wildman–Crippen MR) is 80.1 cm³/mol. The van der Waals surface area contributed by atoms with E-state index in [1.165, 1.54) is 0 Å². The van der Waals surface area contributed by atoms with Crippen molar-refractivity contribution < 1.29 is 14.7 Å². The zero-order valence-corrected chi connectivity index (χ0v) is 12.4. The van der Waals surface area contributed by atoms with Crippen LogP contribution in [-0.2, 0) is 16.0 Å². The van der Waals surface area contributed by atoms with E-state index in [9.17, 15) is 14.7 Å². The summed E-state index contributed by atoms with van der Waals surface area (Å²) < 4.78 is 0. The van der Waals surface area contributed by atoms with Crippen LogP contribution in [-0.4, -0.2) is 41.0 Å². The Morgan fingerprint density at radius 2 is 2.00 bits per heavy atom. The van der Waals surface area contributed by atoms with Crippen molar-refractivity contribution in [3.8, 4) is 0 Å². The highest BCUT2D eigenvalue weighted by Crippen LogP contribution is 2.20. The summed E-state index contributed by atoms with van der Waals surface area (Å²) in [6.45, 7) is 0.611. The van der Waals surface area contributed by atoms with Crippen LogP contribution in [0.25, 0.3) is 0 Å². The van der Waals surface area contributed by atoms with Crippen LogP contribution in [0, 0.1) is 5.92 Å². The molecule has 1 aromatic carbocycles. The summed E-state index contributed by atoms with van der Waals surface area (Å²) >= 11 is 6.06. The quantitative estimate of drug-likeness (QED) is 0.887. The van der Waals surface area contributed by atoms with Gasteiger partial charge in [-0.2, -0.15) is 0 Å². The van der Waals surface area contributed by atoms with Gasteiger partial charge < -0.3 is 15.7 Å². The Bertz CT molecular complexity index is 535. The summed E-state index contributed by atoms with van der Waals surface area (Å²) in [4.78, 5) is 25.2. The van der Waals surface area contributed by atoms with Crippen LogP contribution >= 0.6 is 11.6 Å². The number of carbonyl (C=O) groups is 2. The molecule has 0 saturated carbocycles. The van der Waals surface area contributed by atoms with E-state index < -0.39 is 11.9 Å². The predicted octanol–water partition coefficient (Wildman–Crippen LogP) is 1.53. The van der Waals surface area contributed by atoms with Crippen molar-refractivity contribution in [1.82, 2.24) is 4.90 Å². The van der Waals surface area contributed by atoms with Gasteiger partial charge in [0.05, 0.1) is 12.3 Å². The lowest BCUT2D eigenvalue weighted by Crippen LogP contribution is -2.42. The monoisotopic (exact) mass is 310 g/mol. The average molecular weight is 311 g/mol. The minimum absolute atomic E-state index is 0.133. The summed E-state index contributed by atoms with van der Waals surface area (Å²) in [5, 5.41) is 9.72. The maximum atomic E-state index is 12.4. The van der Waals surface area contributed by atoms with E-state index in [0.717, 1.165) is 5.56 Å². The minimum atomic E-state index is -0.875. The van der Waals surface area contributed by atoms with Gasteiger partial charge in [-0.05, 0) is 24.5 Å². The third-order valence-electron chi connectivity index (χ3n) is 3.78. The van der Waals surface area contributed by atoms with Crippen molar-refractivity contribution in [3.05, 3.63) is 34.9 Å². The summed E-state index contributed by atoms with van der Waals surface area (Å²) in [6, 6.07) is 6.98. The van der Waals surface area contributed by atoms with Crippen LogP contribution in [0.3, 0.4) is 0 Å². The maximum absolute atomic E-state index is 12.4. The molecule has 0 unspecified atom stereocenters. The van der Waals surface area contributed by atoms with E-state index >= 15 is 0 Å². The van der Waals surface area contributed by atoms with Gasteiger partial charge in [-0.15, -0.1) is 0 Å². The molecule has 0 spiro atoms. The lowest BCUT2D eigenvalue weighted by atomic mass is 10.0. The van der Waals surface area contributed by atoms with Crippen LogP contribution in [0.1, 0.15) is 18.4 Å². The lowest BCUT2D eigenvalue weighted by molar-refractivity contribution is -0.143. The average Bonchev–Trinajstić information content (AvgIpc) is 2.63. The van der Waals surface area contributed by atoms with Gasteiger partial charge in [0.2, 0.25) is 5.91 Å². The fraction of sp³-hybridized carbons (Fsp3) is 0.467. The Morgan fingerprint density at radius 3 is 2.67 bits per heavy atom. The zero-order chi connectivity index (χ0) is 15.4. The number of carboxylic acid groups (broad SMARTS) is 1. The number of carboxylic acids is 1. The second-order valence-corrected chi connectivity index (χ2v) is 5.85. The molecular weight excluding hydrogens is 292 g/mol. The molecule has 1 saturated heterocycles. The largest absolute Gasteiger partial charge is 0.481 e. The first-order valence-corrected chi connectivity index (χ1v) is 7.34. The molecule has 1 aliphatic heterocycles. The topological polar surface area (TPSA) is 83.6 Å². The number of hydrogen-bond acceptors (Lipinski definition) is 3. The van der Waals surface area contributed by atoms with Gasteiger partial charge in [-0.1, -0.05) is 29.8 Å². The number of halogens is 1.